The summed E-state index contributed by atoms with van der Waals surface area (Å²) in [4.78, 5) is 3.64. The molecule has 0 unspecified atom stereocenters. The highest BCUT2D eigenvalue weighted by atomic mass is 32.2. The van der Waals surface area contributed by atoms with Crippen LogP contribution >= 0.6 is 11.8 Å². The van der Waals surface area contributed by atoms with Crippen LogP contribution in [0.25, 0.3) is 0 Å². The summed E-state index contributed by atoms with van der Waals surface area (Å²) >= 11 is 1.95. The normalized spacial score (nSPS) is 11.5. The van der Waals surface area contributed by atoms with Crippen LogP contribution < -0.4 is 5.32 Å². The topological polar surface area (TPSA) is 15.3 Å². The second kappa shape index (κ2) is 7.82. The molecular formula is C15H26N2S. The zero-order chi connectivity index (χ0) is 13.5. The zero-order valence-corrected chi connectivity index (χ0v) is 13.1. The van der Waals surface area contributed by atoms with Gasteiger partial charge in [0.25, 0.3) is 0 Å². The van der Waals surface area contributed by atoms with Crippen LogP contribution in [0.3, 0.4) is 0 Å². The number of rotatable bonds is 7. The van der Waals surface area contributed by atoms with E-state index in [2.05, 4.69) is 63.3 Å². The molecule has 102 valence electrons. The van der Waals surface area contributed by atoms with Crippen LogP contribution in [0, 0.1) is 6.92 Å². The first kappa shape index (κ1) is 15.5. The third-order valence-electron chi connectivity index (χ3n) is 2.71. The van der Waals surface area contributed by atoms with Gasteiger partial charge in [-0.3, -0.25) is 0 Å². The van der Waals surface area contributed by atoms with Gasteiger partial charge in [0.05, 0.1) is 0 Å². The molecule has 1 N–H and O–H groups in total. The molecule has 0 aliphatic rings. The fraction of sp³-hybridized carbons (Fsp3) is 0.600. The Balaban J connectivity index is 2.64. The van der Waals surface area contributed by atoms with Crippen molar-refractivity contribution in [2.24, 2.45) is 0 Å². The summed E-state index contributed by atoms with van der Waals surface area (Å²) in [5.41, 5.74) is 2.76. The maximum atomic E-state index is 3.50. The van der Waals surface area contributed by atoms with Gasteiger partial charge in [-0.25, -0.2) is 0 Å². The summed E-state index contributed by atoms with van der Waals surface area (Å²) in [5.74, 6) is 1.14. The Morgan fingerprint density at radius 1 is 1.28 bits per heavy atom. The van der Waals surface area contributed by atoms with Crippen molar-refractivity contribution in [3.8, 4) is 0 Å². The van der Waals surface area contributed by atoms with Crippen molar-refractivity contribution < 1.29 is 0 Å². The molecule has 1 aromatic carbocycles. The highest BCUT2D eigenvalue weighted by molar-refractivity contribution is 7.99. The molecule has 0 fully saturated rings. The predicted molar refractivity (Wildman–Crippen MR) is 82.4 cm³/mol. The molecule has 3 heteroatoms. The smallest absolute Gasteiger partial charge is 0.0219 e. The average molecular weight is 266 g/mol. The molecule has 0 heterocycles. The van der Waals surface area contributed by atoms with Gasteiger partial charge in [0.15, 0.2) is 0 Å². The summed E-state index contributed by atoms with van der Waals surface area (Å²) < 4.78 is 0. The van der Waals surface area contributed by atoms with Crippen molar-refractivity contribution in [3.63, 3.8) is 0 Å². The Morgan fingerprint density at radius 2 is 2.00 bits per heavy atom. The first-order valence-electron chi connectivity index (χ1n) is 6.59. The van der Waals surface area contributed by atoms with Crippen molar-refractivity contribution in [2.75, 3.05) is 26.4 Å². The van der Waals surface area contributed by atoms with E-state index in [1.54, 1.807) is 0 Å². The van der Waals surface area contributed by atoms with Gasteiger partial charge >= 0.3 is 0 Å². The third-order valence-corrected chi connectivity index (χ3v) is 3.81. The SMILES string of the molecule is Cc1ccc(SCCN(C)C)c(CNC(C)C)c1. The van der Waals surface area contributed by atoms with E-state index in [0.29, 0.717) is 6.04 Å². The number of thioether (sulfide) groups is 1. The van der Waals surface area contributed by atoms with Crippen molar-refractivity contribution in [3.05, 3.63) is 29.3 Å². The molecular weight excluding hydrogens is 240 g/mol. The van der Waals surface area contributed by atoms with E-state index in [9.17, 15) is 0 Å². The lowest BCUT2D eigenvalue weighted by atomic mass is 10.1. The molecule has 2 nitrogen and oxygen atoms in total. The predicted octanol–water partition coefficient (Wildman–Crippen LogP) is 3.15. The summed E-state index contributed by atoms with van der Waals surface area (Å²) in [6, 6.07) is 7.29. The molecule has 0 aliphatic carbocycles. The van der Waals surface area contributed by atoms with Gasteiger partial charge in [-0.15, -0.1) is 11.8 Å². The average Bonchev–Trinajstić information content (AvgIpc) is 2.28. The summed E-state index contributed by atoms with van der Waals surface area (Å²) in [5, 5.41) is 3.50. The van der Waals surface area contributed by atoms with Crippen LogP contribution in [-0.4, -0.2) is 37.3 Å². The molecule has 0 radical (unpaired) electrons. The van der Waals surface area contributed by atoms with Crippen molar-refractivity contribution in [2.45, 2.75) is 38.3 Å². The van der Waals surface area contributed by atoms with Crippen molar-refractivity contribution in [1.29, 1.82) is 0 Å². The Morgan fingerprint density at radius 3 is 2.61 bits per heavy atom. The molecule has 0 amide bonds. The Kier molecular flexibility index (Phi) is 6.76. The zero-order valence-electron chi connectivity index (χ0n) is 12.3. The minimum absolute atomic E-state index is 0.533. The van der Waals surface area contributed by atoms with E-state index in [1.165, 1.54) is 16.0 Å². The number of hydrogen-bond donors (Lipinski definition) is 1. The fourth-order valence-electron chi connectivity index (χ4n) is 1.64. The van der Waals surface area contributed by atoms with Gasteiger partial charge in [-0.2, -0.15) is 0 Å². The van der Waals surface area contributed by atoms with Gasteiger partial charge in [0, 0.05) is 29.8 Å². The Hall–Kier alpha value is -0.510. The fourth-order valence-corrected chi connectivity index (χ4v) is 2.80. The minimum Gasteiger partial charge on any atom is -0.310 e. The van der Waals surface area contributed by atoms with Crippen LogP contribution in [0.15, 0.2) is 23.1 Å². The molecule has 0 spiro atoms. The largest absolute Gasteiger partial charge is 0.310 e. The maximum absolute atomic E-state index is 3.50. The highest BCUT2D eigenvalue weighted by Gasteiger charge is 2.04. The number of nitrogens with zero attached hydrogens (tertiary/aromatic N) is 1. The highest BCUT2D eigenvalue weighted by Crippen LogP contribution is 2.24. The van der Waals surface area contributed by atoms with E-state index in [1.807, 2.05) is 11.8 Å². The second-order valence-corrected chi connectivity index (χ2v) is 6.44. The van der Waals surface area contributed by atoms with Gasteiger partial charge in [0.2, 0.25) is 0 Å². The van der Waals surface area contributed by atoms with E-state index >= 15 is 0 Å². The maximum Gasteiger partial charge on any atom is 0.0219 e. The van der Waals surface area contributed by atoms with Crippen molar-refractivity contribution >= 4 is 11.8 Å². The number of aryl methyl sites for hydroxylation is 1. The molecule has 0 bridgehead atoms. The molecule has 0 saturated heterocycles. The summed E-state index contributed by atoms with van der Waals surface area (Å²) in [7, 11) is 4.24. The van der Waals surface area contributed by atoms with E-state index in [0.717, 1.165) is 18.8 Å². The number of hydrogen-bond acceptors (Lipinski definition) is 3. The summed E-state index contributed by atoms with van der Waals surface area (Å²) in [6.07, 6.45) is 0. The van der Waals surface area contributed by atoms with Crippen LogP contribution in [0.4, 0.5) is 0 Å². The van der Waals surface area contributed by atoms with E-state index in [-0.39, 0.29) is 0 Å². The molecule has 18 heavy (non-hydrogen) atoms. The van der Waals surface area contributed by atoms with Gasteiger partial charge in [-0.05, 0) is 32.6 Å². The van der Waals surface area contributed by atoms with Crippen LogP contribution in [0.5, 0.6) is 0 Å². The Labute approximate surface area is 116 Å². The van der Waals surface area contributed by atoms with Crippen LogP contribution in [-0.2, 0) is 6.54 Å². The minimum atomic E-state index is 0.533. The molecule has 0 saturated carbocycles. The lowest BCUT2D eigenvalue weighted by Crippen LogP contribution is -2.22. The van der Waals surface area contributed by atoms with E-state index < -0.39 is 0 Å². The molecule has 0 aliphatic heterocycles. The molecule has 1 aromatic rings. The molecule has 0 atom stereocenters. The second-order valence-electron chi connectivity index (χ2n) is 5.30. The quantitative estimate of drug-likeness (QED) is 0.763. The lowest BCUT2D eigenvalue weighted by Gasteiger charge is -2.14. The lowest BCUT2D eigenvalue weighted by molar-refractivity contribution is 0.437. The molecule has 1 rings (SSSR count). The van der Waals surface area contributed by atoms with Gasteiger partial charge < -0.3 is 10.2 Å². The monoisotopic (exact) mass is 266 g/mol. The standard InChI is InChI=1S/C15H26N2S/c1-12(2)16-11-14-10-13(3)6-7-15(14)18-9-8-17(4)5/h6-7,10,12,16H,8-9,11H2,1-5H3. The number of benzene rings is 1. The third kappa shape index (κ3) is 5.89. The first-order chi connectivity index (χ1) is 8.49. The number of nitrogens with one attached hydrogen (secondary N) is 1. The van der Waals surface area contributed by atoms with Crippen LogP contribution in [0.2, 0.25) is 0 Å². The van der Waals surface area contributed by atoms with Crippen LogP contribution in [0.1, 0.15) is 25.0 Å². The Bertz CT molecular complexity index is 362. The first-order valence-corrected chi connectivity index (χ1v) is 7.58. The van der Waals surface area contributed by atoms with Crippen molar-refractivity contribution in [1.82, 2.24) is 10.2 Å². The van der Waals surface area contributed by atoms with Gasteiger partial charge in [0.1, 0.15) is 0 Å². The molecule has 0 aromatic heterocycles. The van der Waals surface area contributed by atoms with E-state index in [4.69, 9.17) is 0 Å². The summed E-state index contributed by atoms with van der Waals surface area (Å²) in [6.45, 7) is 8.62. The van der Waals surface area contributed by atoms with Gasteiger partial charge in [-0.1, -0.05) is 31.5 Å².